The lowest BCUT2D eigenvalue weighted by molar-refractivity contribution is -0.191. The third-order valence-corrected chi connectivity index (χ3v) is 0.458. The van der Waals surface area contributed by atoms with E-state index in [9.17, 15) is 4.79 Å². The van der Waals surface area contributed by atoms with E-state index < -0.39 is 18.7 Å². The first kappa shape index (κ1) is 11.6. The van der Waals surface area contributed by atoms with Crippen molar-refractivity contribution in [1.29, 1.82) is 0 Å². The van der Waals surface area contributed by atoms with Gasteiger partial charge in [0.05, 0.1) is 6.61 Å². The van der Waals surface area contributed by atoms with Crippen LogP contribution >= 0.6 is 0 Å². The van der Waals surface area contributed by atoms with Crippen LogP contribution < -0.4 is 0 Å². The molecule has 0 aliphatic rings. The molecule has 0 saturated carbocycles. The average molecular weight is 150 g/mol. The van der Waals surface area contributed by atoms with Gasteiger partial charge in [0.25, 0.3) is 0 Å². The lowest BCUT2D eigenvalue weighted by Crippen LogP contribution is -2.22. The molecule has 0 amide bonds. The van der Waals surface area contributed by atoms with Crippen molar-refractivity contribution in [3.63, 3.8) is 0 Å². The molecule has 0 spiro atoms. The van der Waals surface area contributed by atoms with Crippen molar-refractivity contribution in [3.05, 3.63) is 0 Å². The predicted molar refractivity (Wildman–Crippen MR) is 25.7 cm³/mol. The second-order valence-corrected chi connectivity index (χ2v) is 1.12. The standard InChI is InChI=1S/C3H6O4.CO2/c4-1-2(5)3(6)7;2-1-3/h2,4-5H,1H2,(H,6,7);/t2-;/m0./s1. The summed E-state index contributed by atoms with van der Waals surface area (Å²) in [4.78, 5) is 25.8. The van der Waals surface area contributed by atoms with Crippen molar-refractivity contribution in [1.82, 2.24) is 0 Å². The second-order valence-electron chi connectivity index (χ2n) is 1.12. The molecule has 0 radical (unpaired) electrons. The molecule has 58 valence electrons. The molecule has 0 aromatic heterocycles. The highest BCUT2D eigenvalue weighted by atomic mass is 16.4. The summed E-state index contributed by atoms with van der Waals surface area (Å²) >= 11 is 0. The summed E-state index contributed by atoms with van der Waals surface area (Å²) in [5.41, 5.74) is 0. The van der Waals surface area contributed by atoms with Gasteiger partial charge in [-0.1, -0.05) is 0 Å². The number of aliphatic hydroxyl groups excluding tert-OH is 2. The zero-order valence-electron chi connectivity index (χ0n) is 4.85. The van der Waals surface area contributed by atoms with Crippen LogP contribution in [-0.2, 0) is 14.4 Å². The first-order valence-electron chi connectivity index (χ1n) is 2.11. The van der Waals surface area contributed by atoms with E-state index >= 15 is 0 Å². The van der Waals surface area contributed by atoms with Gasteiger partial charge in [-0.05, 0) is 0 Å². The SMILES string of the molecule is O=C(O)[C@@H](O)CO.O=C=O. The highest BCUT2D eigenvalue weighted by Crippen LogP contribution is 1.75. The Labute approximate surface area is 55.7 Å². The Morgan fingerprint density at radius 3 is 1.80 bits per heavy atom. The zero-order valence-corrected chi connectivity index (χ0v) is 4.85. The number of aliphatic hydroxyl groups is 2. The maximum atomic E-state index is 9.52. The van der Waals surface area contributed by atoms with Crippen molar-refractivity contribution in [2.75, 3.05) is 6.61 Å². The largest absolute Gasteiger partial charge is 0.479 e. The maximum absolute atomic E-state index is 9.52. The molecule has 1 atom stereocenters. The highest BCUT2D eigenvalue weighted by molar-refractivity contribution is 5.71. The summed E-state index contributed by atoms with van der Waals surface area (Å²) in [5.74, 6) is -1.40. The van der Waals surface area contributed by atoms with Gasteiger partial charge in [-0.2, -0.15) is 9.59 Å². The van der Waals surface area contributed by atoms with Gasteiger partial charge < -0.3 is 15.3 Å². The number of hydrogen-bond donors (Lipinski definition) is 3. The molecule has 0 aromatic rings. The van der Waals surface area contributed by atoms with Gasteiger partial charge in [0, 0.05) is 0 Å². The van der Waals surface area contributed by atoms with Crippen LogP contribution in [0.1, 0.15) is 0 Å². The van der Waals surface area contributed by atoms with Crippen LogP contribution in [0.25, 0.3) is 0 Å². The molecule has 0 fully saturated rings. The molecule has 0 aliphatic carbocycles. The predicted octanol–water partition coefficient (Wildman–Crippen LogP) is -2.16. The second kappa shape index (κ2) is 7.77. The van der Waals surface area contributed by atoms with Gasteiger partial charge in [-0.15, -0.1) is 0 Å². The molecule has 6 nitrogen and oxygen atoms in total. The Morgan fingerprint density at radius 1 is 1.50 bits per heavy atom. The Morgan fingerprint density at radius 2 is 1.80 bits per heavy atom. The third-order valence-electron chi connectivity index (χ3n) is 0.458. The van der Waals surface area contributed by atoms with Gasteiger partial charge in [-0.3, -0.25) is 0 Å². The number of rotatable bonds is 2. The Balaban J connectivity index is 0. The minimum absolute atomic E-state index is 0.250. The van der Waals surface area contributed by atoms with Gasteiger partial charge >= 0.3 is 12.1 Å². The van der Waals surface area contributed by atoms with Crippen molar-refractivity contribution < 1.29 is 29.7 Å². The van der Waals surface area contributed by atoms with Crippen LogP contribution in [0.15, 0.2) is 0 Å². The number of carbonyl (C=O) groups is 1. The summed E-state index contributed by atoms with van der Waals surface area (Å²) in [6.45, 7) is -0.727. The topological polar surface area (TPSA) is 112 Å². The number of aliphatic carboxylic acids is 1. The lowest BCUT2D eigenvalue weighted by atomic mass is 10.4. The summed E-state index contributed by atoms with van der Waals surface area (Å²) in [7, 11) is 0. The summed E-state index contributed by atoms with van der Waals surface area (Å²) in [5, 5.41) is 23.7. The van der Waals surface area contributed by atoms with E-state index in [0.717, 1.165) is 0 Å². The summed E-state index contributed by atoms with van der Waals surface area (Å²) in [6, 6.07) is 0. The summed E-state index contributed by atoms with van der Waals surface area (Å²) in [6.07, 6.45) is -1.38. The normalized spacial score (nSPS) is 10.2. The van der Waals surface area contributed by atoms with E-state index in [0.29, 0.717) is 0 Å². The molecule has 10 heavy (non-hydrogen) atoms. The number of carboxylic acid groups (broad SMARTS) is 1. The molecule has 0 unspecified atom stereocenters. The molecule has 6 heteroatoms. The lowest BCUT2D eigenvalue weighted by Gasteiger charge is -1.95. The average Bonchev–Trinajstić information content (AvgIpc) is 1.88. The number of carbonyl (C=O) groups excluding carboxylic acids is 2. The van der Waals surface area contributed by atoms with Gasteiger partial charge in [-0.25, -0.2) is 4.79 Å². The van der Waals surface area contributed by atoms with E-state index in [4.69, 9.17) is 24.9 Å². The fraction of sp³-hybridized carbons (Fsp3) is 0.500. The van der Waals surface area contributed by atoms with Crippen LogP contribution in [0.2, 0.25) is 0 Å². The van der Waals surface area contributed by atoms with Crippen LogP contribution in [0.5, 0.6) is 0 Å². The zero-order chi connectivity index (χ0) is 8.57. The van der Waals surface area contributed by atoms with E-state index in [1.807, 2.05) is 0 Å². The van der Waals surface area contributed by atoms with E-state index in [2.05, 4.69) is 0 Å². The van der Waals surface area contributed by atoms with Crippen LogP contribution in [0, 0.1) is 0 Å². The fourth-order valence-corrected chi connectivity index (χ4v) is 0.0781. The number of hydrogen-bond acceptors (Lipinski definition) is 5. The monoisotopic (exact) mass is 150 g/mol. The molecule has 0 aliphatic heterocycles. The molecule has 0 saturated heterocycles. The van der Waals surface area contributed by atoms with E-state index in [1.165, 1.54) is 0 Å². The first-order chi connectivity index (χ1) is 4.59. The van der Waals surface area contributed by atoms with Crippen LogP contribution in [-0.4, -0.2) is 40.2 Å². The van der Waals surface area contributed by atoms with E-state index in [1.54, 1.807) is 0 Å². The Kier molecular flexibility index (Phi) is 8.98. The minimum Gasteiger partial charge on any atom is -0.479 e. The van der Waals surface area contributed by atoms with Crippen LogP contribution in [0.4, 0.5) is 0 Å². The summed E-state index contributed by atoms with van der Waals surface area (Å²) < 4.78 is 0. The van der Waals surface area contributed by atoms with Gasteiger partial charge in [0.15, 0.2) is 6.10 Å². The molecule has 0 aromatic carbocycles. The van der Waals surface area contributed by atoms with Crippen molar-refractivity contribution >= 4 is 12.1 Å². The third kappa shape index (κ3) is 9.91. The van der Waals surface area contributed by atoms with Crippen molar-refractivity contribution in [2.24, 2.45) is 0 Å². The minimum atomic E-state index is -1.63. The van der Waals surface area contributed by atoms with E-state index in [-0.39, 0.29) is 6.15 Å². The van der Waals surface area contributed by atoms with Gasteiger partial charge in [0.1, 0.15) is 0 Å². The van der Waals surface area contributed by atoms with Crippen LogP contribution in [0.3, 0.4) is 0 Å². The molecular formula is C4H6O6. The Hall–Kier alpha value is -1.23. The quantitative estimate of drug-likeness (QED) is 0.413. The Bertz CT molecular complexity index is 124. The van der Waals surface area contributed by atoms with Gasteiger partial charge in [0.2, 0.25) is 0 Å². The maximum Gasteiger partial charge on any atom is 0.373 e. The molecule has 0 heterocycles. The smallest absolute Gasteiger partial charge is 0.373 e. The molecule has 0 bridgehead atoms. The van der Waals surface area contributed by atoms with Crippen molar-refractivity contribution in [3.8, 4) is 0 Å². The molecule has 3 N–H and O–H groups in total. The fourth-order valence-electron chi connectivity index (χ4n) is 0.0781. The number of carboxylic acids is 1. The first-order valence-corrected chi connectivity index (χ1v) is 2.11. The highest BCUT2D eigenvalue weighted by Gasteiger charge is 2.08. The molecule has 0 rings (SSSR count). The van der Waals surface area contributed by atoms with Crippen molar-refractivity contribution in [2.45, 2.75) is 6.10 Å². The molecular weight excluding hydrogens is 144 g/mol.